The average molecular weight is 561 g/mol. The molecule has 5 rings (SSSR count). The number of rotatable bonds is 9. The molecular formula is C33H28N4O3S. The van der Waals surface area contributed by atoms with Gasteiger partial charge >= 0.3 is 0 Å². The van der Waals surface area contributed by atoms with Crippen molar-refractivity contribution in [1.82, 2.24) is 10.3 Å². The molecule has 41 heavy (non-hydrogen) atoms. The van der Waals surface area contributed by atoms with E-state index in [1.165, 1.54) is 11.8 Å². The van der Waals surface area contributed by atoms with Crippen LogP contribution in [0.2, 0.25) is 0 Å². The van der Waals surface area contributed by atoms with E-state index in [-0.39, 0.29) is 22.8 Å². The van der Waals surface area contributed by atoms with Crippen LogP contribution in [0.4, 0.5) is 11.4 Å². The third-order valence-corrected chi connectivity index (χ3v) is 7.40. The number of carbonyl (C=O) groups excluding carboxylic acids is 3. The molecule has 0 spiro atoms. The zero-order chi connectivity index (χ0) is 28.6. The van der Waals surface area contributed by atoms with Crippen molar-refractivity contribution in [3.8, 4) is 0 Å². The second-order valence-corrected chi connectivity index (χ2v) is 10.7. The van der Waals surface area contributed by atoms with Gasteiger partial charge in [-0.15, -0.1) is 11.8 Å². The molecule has 1 atom stereocenters. The van der Waals surface area contributed by atoms with E-state index in [4.69, 9.17) is 0 Å². The Morgan fingerprint density at radius 1 is 0.756 bits per heavy atom. The minimum Gasteiger partial charge on any atom is -0.361 e. The zero-order valence-corrected chi connectivity index (χ0v) is 23.1. The number of hydrogen-bond donors (Lipinski definition) is 4. The lowest BCUT2D eigenvalue weighted by Gasteiger charge is -2.13. The Morgan fingerprint density at radius 3 is 2.12 bits per heavy atom. The molecule has 0 saturated carbocycles. The molecule has 0 aliphatic carbocycles. The summed E-state index contributed by atoms with van der Waals surface area (Å²) in [6.45, 7) is 1.84. The molecule has 4 N–H and O–H groups in total. The Kier molecular flexibility index (Phi) is 8.61. The molecular weight excluding hydrogens is 532 g/mol. The minimum atomic E-state index is -0.462. The molecule has 3 amide bonds. The van der Waals surface area contributed by atoms with E-state index in [0.717, 1.165) is 27.0 Å². The summed E-state index contributed by atoms with van der Waals surface area (Å²) in [5, 5.41) is 9.16. The van der Waals surface area contributed by atoms with Gasteiger partial charge in [-0.25, -0.2) is 0 Å². The summed E-state index contributed by atoms with van der Waals surface area (Å²) in [5.41, 5.74) is 3.55. The SMILES string of the molecule is C[C@H](Sc1ccc(NC(=O)/C(=C\c2c[nH]c3ccccc23)NC(=O)c2ccccc2)cc1)C(=O)Nc1ccccc1. The van der Waals surface area contributed by atoms with Crippen molar-refractivity contribution in [1.29, 1.82) is 0 Å². The lowest BCUT2D eigenvalue weighted by molar-refractivity contribution is -0.115. The maximum absolute atomic E-state index is 13.4. The number of carbonyl (C=O) groups is 3. The molecule has 0 fully saturated rings. The number of thioether (sulfide) groups is 1. The molecule has 0 unspecified atom stereocenters. The van der Waals surface area contributed by atoms with Crippen LogP contribution in [0.25, 0.3) is 17.0 Å². The Hall–Kier alpha value is -5.08. The van der Waals surface area contributed by atoms with Crippen LogP contribution in [-0.4, -0.2) is 28.0 Å². The van der Waals surface area contributed by atoms with Gasteiger partial charge in [-0.05, 0) is 67.6 Å². The highest BCUT2D eigenvalue weighted by Gasteiger charge is 2.17. The van der Waals surface area contributed by atoms with Gasteiger partial charge in [0.05, 0.1) is 5.25 Å². The molecule has 0 aliphatic heterocycles. The number of aromatic nitrogens is 1. The van der Waals surface area contributed by atoms with Crippen molar-refractivity contribution in [2.75, 3.05) is 10.6 Å². The number of H-pyrrole nitrogens is 1. The highest BCUT2D eigenvalue weighted by Crippen LogP contribution is 2.26. The van der Waals surface area contributed by atoms with Crippen LogP contribution in [0, 0.1) is 0 Å². The number of nitrogens with one attached hydrogen (secondary N) is 4. The number of amides is 3. The average Bonchev–Trinajstić information content (AvgIpc) is 3.41. The number of hydrogen-bond acceptors (Lipinski definition) is 4. The fraction of sp³-hybridized carbons (Fsp3) is 0.0606. The molecule has 204 valence electrons. The normalized spacial score (nSPS) is 12.0. The smallest absolute Gasteiger partial charge is 0.272 e. The summed E-state index contributed by atoms with van der Waals surface area (Å²) in [7, 11) is 0. The Balaban J connectivity index is 1.29. The molecule has 7 nitrogen and oxygen atoms in total. The van der Waals surface area contributed by atoms with Gasteiger partial charge in [0.1, 0.15) is 5.70 Å². The summed E-state index contributed by atoms with van der Waals surface area (Å²) in [4.78, 5) is 43.0. The monoisotopic (exact) mass is 560 g/mol. The van der Waals surface area contributed by atoms with Gasteiger partial charge in [-0.2, -0.15) is 0 Å². The molecule has 1 aromatic heterocycles. The first-order chi connectivity index (χ1) is 20.0. The largest absolute Gasteiger partial charge is 0.361 e. The number of para-hydroxylation sites is 2. The lowest BCUT2D eigenvalue weighted by Crippen LogP contribution is -2.30. The van der Waals surface area contributed by atoms with E-state index in [1.54, 1.807) is 48.7 Å². The van der Waals surface area contributed by atoms with Crippen molar-refractivity contribution >= 4 is 57.8 Å². The number of fused-ring (bicyclic) bond motifs is 1. The second kappa shape index (κ2) is 12.8. The van der Waals surface area contributed by atoms with E-state index in [9.17, 15) is 14.4 Å². The fourth-order valence-corrected chi connectivity index (χ4v) is 5.02. The van der Waals surface area contributed by atoms with Gasteiger partial charge in [0, 0.05) is 44.5 Å². The summed E-state index contributed by atoms with van der Waals surface area (Å²) in [6.07, 6.45) is 3.46. The first-order valence-electron chi connectivity index (χ1n) is 13.0. The second-order valence-electron chi connectivity index (χ2n) is 9.26. The highest BCUT2D eigenvalue weighted by atomic mass is 32.2. The van der Waals surface area contributed by atoms with Crippen LogP contribution in [0.3, 0.4) is 0 Å². The number of aromatic amines is 1. The van der Waals surface area contributed by atoms with Gasteiger partial charge in [-0.1, -0.05) is 54.6 Å². The molecule has 0 radical (unpaired) electrons. The topological polar surface area (TPSA) is 103 Å². The van der Waals surface area contributed by atoms with Crippen molar-refractivity contribution in [3.05, 3.63) is 132 Å². The van der Waals surface area contributed by atoms with Crippen LogP contribution >= 0.6 is 11.8 Å². The predicted octanol–water partition coefficient (Wildman–Crippen LogP) is 6.70. The maximum atomic E-state index is 13.4. The summed E-state index contributed by atoms with van der Waals surface area (Å²) < 4.78 is 0. The van der Waals surface area contributed by atoms with Crippen LogP contribution in [0.1, 0.15) is 22.8 Å². The molecule has 0 aliphatic rings. The summed E-state index contributed by atoms with van der Waals surface area (Å²) >= 11 is 1.42. The van der Waals surface area contributed by atoms with E-state index in [2.05, 4.69) is 20.9 Å². The molecule has 0 saturated heterocycles. The van der Waals surface area contributed by atoms with Crippen LogP contribution < -0.4 is 16.0 Å². The van der Waals surface area contributed by atoms with Crippen LogP contribution in [0.5, 0.6) is 0 Å². The fourth-order valence-electron chi connectivity index (χ4n) is 4.15. The number of anilines is 2. The minimum absolute atomic E-state index is 0.0974. The molecule has 4 aromatic carbocycles. The van der Waals surface area contributed by atoms with Crippen molar-refractivity contribution in [2.24, 2.45) is 0 Å². The predicted molar refractivity (Wildman–Crippen MR) is 166 cm³/mol. The van der Waals surface area contributed by atoms with Gasteiger partial charge in [0.2, 0.25) is 5.91 Å². The van der Waals surface area contributed by atoms with E-state index in [1.807, 2.05) is 79.7 Å². The van der Waals surface area contributed by atoms with Gasteiger partial charge in [0.25, 0.3) is 11.8 Å². The molecule has 5 aromatic rings. The first kappa shape index (κ1) is 27.5. The van der Waals surface area contributed by atoms with E-state index >= 15 is 0 Å². The molecule has 8 heteroatoms. The summed E-state index contributed by atoms with van der Waals surface area (Å²) in [5.74, 6) is -0.947. The van der Waals surface area contributed by atoms with Crippen molar-refractivity contribution < 1.29 is 14.4 Å². The third-order valence-electron chi connectivity index (χ3n) is 6.29. The molecule has 1 heterocycles. The van der Waals surface area contributed by atoms with E-state index < -0.39 is 5.91 Å². The van der Waals surface area contributed by atoms with Gasteiger partial charge in [0.15, 0.2) is 0 Å². The standard InChI is InChI=1S/C33H28N4O3S/c1-22(31(38)35-25-12-6-3-7-13-25)41-27-18-16-26(17-19-27)36-33(40)30(37-32(39)23-10-4-2-5-11-23)20-24-21-34-29-15-9-8-14-28(24)29/h2-22,34H,1H3,(H,35,38)(H,36,40)(H,37,39)/b30-20+/t22-/m0/s1. The first-order valence-corrected chi connectivity index (χ1v) is 13.9. The quantitative estimate of drug-likeness (QED) is 0.119. The maximum Gasteiger partial charge on any atom is 0.272 e. The Bertz CT molecular complexity index is 1700. The van der Waals surface area contributed by atoms with Crippen LogP contribution in [-0.2, 0) is 9.59 Å². The van der Waals surface area contributed by atoms with E-state index in [0.29, 0.717) is 11.3 Å². The summed E-state index contributed by atoms with van der Waals surface area (Å²) in [6, 6.07) is 33.0. The Labute approximate surface area is 242 Å². The van der Waals surface area contributed by atoms with Crippen molar-refractivity contribution in [3.63, 3.8) is 0 Å². The lowest BCUT2D eigenvalue weighted by atomic mass is 10.1. The Morgan fingerprint density at radius 2 is 1.39 bits per heavy atom. The zero-order valence-electron chi connectivity index (χ0n) is 22.3. The van der Waals surface area contributed by atoms with Crippen molar-refractivity contribution in [2.45, 2.75) is 17.1 Å². The van der Waals surface area contributed by atoms with Gasteiger partial charge < -0.3 is 20.9 Å². The third kappa shape index (κ3) is 7.12. The number of benzene rings is 4. The van der Waals surface area contributed by atoms with Gasteiger partial charge in [-0.3, -0.25) is 14.4 Å². The molecule has 0 bridgehead atoms. The highest BCUT2D eigenvalue weighted by molar-refractivity contribution is 8.00. The van der Waals surface area contributed by atoms with Crippen LogP contribution in [0.15, 0.2) is 126 Å².